The van der Waals surface area contributed by atoms with Crippen LogP contribution in [0.25, 0.3) is 0 Å². The zero-order valence-electron chi connectivity index (χ0n) is 64.3. The summed E-state index contributed by atoms with van der Waals surface area (Å²) in [5, 5.41) is 11.9. The van der Waals surface area contributed by atoms with E-state index < -0.39 is 24.3 Å². The van der Waals surface area contributed by atoms with Gasteiger partial charge in [-0.25, -0.2) is 0 Å². The molecule has 0 aromatic carbocycles. The zero-order valence-corrected chi connectivity index (χ0v) is 64.3. The third-order valence-electron chi connectivity index (χ3n) is 16.9. The molecule has 0 spiro atoms. The van der Waals surface area contributed by atoms with Gasteiger partial charge in [-0.1, -0.05) is 344 Å². The lowest BCUT2D eigenvalue weighted by atomic mass is 10.0. The first kappa shape index (κ1) is 93.6. The van der Waals surface area contributed by atoms with E-state index in [1.54, 1.807) is 0 Å². The van der Waals surface area contributed by atoms with Crippen molar-refractivity contribution in [3.05, 3.63) is 170 Å². The van der Waals surface area contributed by atoms with Crippen molar-refractivity contribution < 1.29 is 42.9 Å². The van der Waals surface area contributed by atoms with Crippen LogP contribution in [0.15, 0.2) is 170 Å². The van der Waals surface area contributed by atoms with E-state index in [1.165, 1.54) is 173 Å². The second-order valence-corrected chi connectivity index (χ2v) is 27.6. The first-order valence-corrected chi connectivity index (χ1v) is 40.3. The van der Waals surface area contributed by atoms with Gasteiger partial charge < -0.3 is 33.3 Å². The van der Waals surface area contributed by atoms with Crippen molar-refractivity contribution in [3.8, 4) is 0 Å². The summed E-state index contributed by atoms with van der Waals surface area (Å²) < 4.78 is 22.8. The van der Waals surface area contributed by atoms with Crippen LogP contribution in [0.4, 0.5) is 0 Å². The predicted molar refractivity (Wildman–Crippen MR) is 425 cm³/mol. The maximum atomic E-state index is 13.0. The number of carbonyl (C=O) groups excluding carboxylic acids is 3. The number of carboxylic acid groups (broad SMARTS) is 1. The van der Waals surface area contributed by atoms with Crippen LogP contribution >= 0.6 is 0 Å². The van der Waals surface area contributed by atoms with Crippen molar-refractivity contribution in [2.24, 2.45) is 0 Å². The number of aliphatic carboxylic acids is 1. The number of nitrogens with zero attached hydrogens (tertiary/aromatic N) is 1. The maximum Gasteiger partial charge on any atom is 0.306 e. The molecule has 0 heterocycles. The number of likely N-dealkylation sites (N-methyl/N-ethyl adjacent to an activating group) is 1. The fraction of sp³-hybridized carbons (Fsp3) is 0.656. The van der Waals surface area contributed by atoms with E-state index in [1.807, 2.05) is 21.1 Å². The molecule has 0 bridgehead atoms. The number of hydrogen-bond donors (Lipinski definition) is 0. The van der Waals surface area contributed by atoms with E-state index in [0.29, 0.717) is 17.4 Å². The van der Waals surface area contributed by atoms with Gasteiger partial charge in [0.2, 0.25) is 0 Å². The fourth-order valence-corrected chi connectivity index (χ4v) is 10.8. The first-order valence-electron chi connectivity index (χ1n) is 40.3. The van der Waals surface area contributed by atoms with Crippen LogP contribution in [0.3, 0.4) is 0 Å². The molecule has 0 fully saturated rings. The van der Waals surface area contributed by atoms with Crippen LogP contribution in [-0.4, -0.2) is 82.3 Å². The zero-order chi connectivity index (χ0) is 71.8. The third kappa shape index (κ3) is 79.8. The molecule has 0 aromatic rings. The highest BCUT2D eigenvalue weighted by atomic mass is 16.7. The highest BCUT2D eigenvalue weighted by molar-refractivity contribution is 5.70. The van der Waals surface area contributed by atoms with Crippen LogP contribution in [0.5, 0.6) is 0 Å². The van der Waals surface area contributed by atoms with E-state index in [4.69, 9.17) is 18.9 Å². The van der Waals surface area contributed by atoms with E-state index in [-0.39, 0.29) is 38.6 Å². The molecule has 0 rings (SSSR count). The van der Waals surface area contributed by atoms with Crippen LogP contribution in [0, 0.1) is 0 Å². The van der Waals surface area contributed by atoms with Gasteiger partial charge in [-0.2, -0.15) is 0 Å². The Morgan fingerprint density at radius 3 is 0.879 bits per heavy atom. The fourth-order valence-electron chi connectivity index (χ4n) is 10.8. The van der Waals surface area contributed by atoms with Crippen molar-refractivity contribution in [2.45, 2.75) is 334 Å². The number of allylic oxidation sites excluding steroid dienone is 28. The van der Waals surface area contributed by atoms with Crippen LogP contribution in [-0.2, 0) is 33.3 Å². The van der Waals surface area contributed by atoms with Gasteiger partial charge in [-0.15, -0.1) is 0 Å². The summed E-state index contributed by atoms with van der Waals surface area (Å²) in [6, 6.07) is 0. The second-order valence-electron chi connectivity index (χ2n) is 27.6. The highest BCUT2D eigenvalue weighted by Gasteiger charge is 2.22. The molecule has 0 amide bonds. The number of carbonyl (C=O) groups is 3. The molecular formula is C90H149NO8. The summed E-state index contributed by atoms with van der Waals surface area (Å²) in [5.74, 6) is -2.35. The number of esters is 2. The molecule has 0 saturated heterocycles. The molecule has 9 nitrogen and oxygen atoms in total. The van der Waals surface area contributed by atoms with Crippen molar-refractivity contribution in [1.82, 2.24) is 0 Å². The van der Waals surface area contributed by atoms with Gasteiger partial charge in [0.15, 0.2) is 12.4 Å². The largest absolute Gasteiger partial charge is 0.545 e. The van der Waals surface area contributed by atoms with E-state index in [0.717, 1.165) is 116 Å². The molecule has 562 valence electrons. The predicted octanol–water partition coefficient (Wildman–Crippen LogP) is 24.8. The summed E-state index contributed by atoms with van der Waals surface area (Å²) in [4.78, 5) is 37.6. The second kappa shape index (κ2) is 78.4. The Morgan fingerprint density at radius 2 is 0.576 bits per heavy atom. The van der Waals surface area contributed by atoms with Crippen LogP contribution in [0.1, 0.15) is 322 Å². The van der Waals surface area contributed by atoms with Crippen molar-refractivity contribution >= 4 is 17.9 Å². The topological polar surface area (TPSA) is 111 Å². The smallest absolute Gasteiger partial charge is 0.306 e. The molecule has 0 radical (unpaired) electrons. The Hall–Kier alpha value is -5.35. The molecule has 0 aliphatic heterocycles. The third-order valence-corrected chi connectivity index (χ3v) is 16.9. The van der Waals surface area contributed by atoms with E-state index >= 15 is 0 Å². The molecule has 0 N–H and O–H groups in total. The maximum absolute atomic E-state index is 13.0. The molecule has 9 heteroatoms. The molecule has 2 atom stereocenters. The van der Waals surface area contributed by atoms with Gasteiger partial charge in [-0.3, -0.25) is 9.59 Å². The average molecular weight is 1370 g/mol. The molecule has 0 aromatic heterocycles. The number of rotatable bonds is 73. The quantitative estimate of drug-likeness (QED) is 0.0195. The minimum atomic E-state index is -1.64. The number of hydrogen-bond acceptors (Lipinski definition) is 8. The number of quaternary nitrogens is 1. The lowest BCUT2D eigenvalue weighted by Crippen LogP contribution is -2.44. The Labute approximate surface area is 609 Å². The Kier molecular flexibility index (Phi) is 74.1. The Morgan fingerprint density at radius 1 is 0.313 bits per heavy atom. The van der Waals surface area contributed by atoms with Crippen LogP contribution in [0.2, 0.25) is 0 Å². The minimum Gasteiger partial charge on any atom is -0.545 e. The van der Waals surface area contributed by atoms with Crippen molar-refractivity contribution in [1.29, 1.82) is 0 Å². The lowest BCUT2D eigenvalue weighted by molar-refractivity contribution is -0.870. The normalized spacial score (nSPS) is 13.6. The average Bonchev–Trinajstić information content (AvgIpc) is 1.14. The molecular weight excluding hydrogens is 1220 g/mol. The molecule has 0 aliphatic carbocycles. The van der Waals surface area contributed by atoms with E-state index in [2.05, 4.69) is 184 Å². The van der Waals surface area contributed by atoms with Gasteiger partial charge in [-0.05, 0) is 135 Å². The number of unbranched alkanes of at least 4 members (excludes halogenated alkanes) is 30. The first-order chi connectivity index (χ1) is 48.6. The van der Waals surface area contributed by atoms with Gasteiger partial charge in [0.05, 0.1) is 40.3 Å². The summed E-state index contributed by atoms with van der Waals surface area (Å²) in [5.41, 5.74) is 0. The lowest BCUT2D eigenvalue weighted by Gasteiger charge is -2.26. The minimum absolute atomic E-state index is 0.132. The van der Waals surface area contributed by atoms with Crippen LogP contribution < -0.4 is 5.11 Å². The molecule has 2 unspecified atom stereocenters. The highest BCUT2D eigenvalue weighted by Crippen LogP contribution is 2.18. The van der Waals surface area contributed by atoms with Gasteiger partial charge in [0, 0.05) is 12.8 Å². The van der Waals surface area contributed by atoms with Gasteiger partial charge >= 0.3 is 11.9 Å². The van der Waals surface area contributed by atoms with Gasteiger partial charge in [0.1, 0.15) is 13.2 Å². The van der Waals surface area contributed by atoms with E-state index in [9.17, 15) is 19.5 Å². The number of ether oxygens (including phenoxy) is 4. The molecule has 0 saturated carbocycles. The molecule has 99 heavy (non-hydrogen) atoms. The summed E-state index contributed by atoms with van der Waals surface area (Å²) in [6.07, 6.45) is 115. The summed E-state index contributed by atoms with van der Waals surface area (Å²) in [7, 11) is 5.91. The Bertz CT molecular complexity index is 2240. The summed E-state index contributed by atoms with van der Waals surface area (Å²) >= 11 is 0. The number of carboxylic acids is 1. The monoisotopic (exact) mass is 1370 g/mol. The van der Waals surface area contributed by atoms with Crippen molar-refractivity contribution in [3.63, 3.8) is 0 Å². The summed E-state index contributed by atoms with van der Waals surface area (Å²) in [6.45, 7) is 4.58. The standard InChI is InChI=1S/C90H149NO8/c1-6-8-10-12-14-16-18-20-22-24-26-28-30-32-34-36-38-40-42-43-44-45-47-49-51-53-55-57-59-61-63-65-67-69-71-73-75-77-79-81-88(93)99-86(85-98-90(89(94)95)96-83-82-91(3,4)5)84-97-87(92)80-78-76-74-72-70-68-66-64-62-60-58-56-54-52-50-48-46-41-39-37-35-33-31-29-27-25-23-21-19-17-15-13-11-9-7-2/h8,10,14,16,19-22,25-28,32,34,38,40,43-44,47,49,53,55,59,61,65,67,71,73,86,90H,6-7,9,11-13,15,17-18,23-24,29-31,33,35-37,39,41-42,45-46,48,50-52,54,56-58,60,62-64,66,68-70,72,74-85H2,1-5H3/b10-8-,16-14-,21-19-,22-20-,27-25-,28-26-,34-32-,40-38-,44-43-,49-47-,55-53-,61-59-,67-65-,73-71-. The van der Waals surface area contributed by atoms with Gasteiger partial charge in [0.25, 0.3) is 0 Å². The SMILES string of the molecule is CC/C=C\C/C=C\C/C=C\C/C=C\C/C=C\C/C=C\C/C=C\C/C=C\C/C=C\C/C=C\C/C=C\C/C=C\CCCCC(=O)OC(COC(=O)CCCCCCCCCCCCCCCCCCCCCCCCC/C=C\C/C=C\CCCCCCC)COC(OCC[N+](C)(C)C)C(=O)[O-]. The van der Waals surface area contributed by atoms with Crippen molar-refractivity contribution in [2.75, 3.05) is 47.5 Å². The Balaban J connectivity index is 4.16. The molecule has 0 aliphatic rings.